The number of aliphatic hydroxyl groups is 1. The molecule has 2 aromatic heterocycles. The average Bonchev–Trinajstić information content (AvgIpc) is 3.51. The summed E-state index contributed by atoms with van der Waals surface area (Å²) in [6.45, 7) is 1.85. The number of methoxy groups -OCH3 is 2. The lowest BCUT2D eigenvalue weighted by molar-refractivity contribution is 0.331. The van der Waals surface area contributed by atoms with Crippen LogP contribution in [0.1, 0.15) is 12.5 Å². The van der Waals surface area contributed by atoms with E-state index in [2.05, 4.69) is 9.97 Å². The van der Waals surface area contributed by atoms with Crippen LogP contribution in [0.2, 0.25) is 0 Å². The molecule has 0 aliphatic heterocycles. The van der Waals surface area contributed by atoms with Crippen LogP contribution in [0.25, 0.3) is 44.1 Å². The van der Waals surface area contributed by atoms with E-state index in [4.69, 9.17) is 9.47 Å². The van der Waals surface area contributed by atoms with Gasteiger partial charge >= 0.3 is 0 Å². The number of phenolic OH excluding ortho intramolecular Hbond substituents is 1. The number of aromatic nitrogens is 2. The number of hydrogen-bond donors (Lipinski definition) is 4. The van der Waals surface area contributed by atoms with Gasteiger partial charge in [0.25, 0.3) is 0 Å². The number of aromatic amines is 2. The highest BCUT2D eigenvalue weighted by atomic mass is 16.5. The number of fused-ring (bicyclic) bond motifs is 2. The average molecular weight is 469 g/mol. The topological polar surface area (TPSA) is 90.5 Å². The standard InChI is InChI=1S/C29H28N2O4/c1-17(16-32)12-13-20-25(21-14-30-23-10-6-4-8-18(21)23)29(35-3)27(33)26(28(20)34-2)22-15-31-24-11-7-5-9-19(22)24/h4-12,14-15,30-33H,13,16H2,1-3H3/b17-12+. The second kappa shape index (κ2) is 9.24. The molecule has 0 saturated heterocycles. The van der Waals surface area contributed by atoms with Crippen LogP contribution in [0.15, 0.2) is 72.6 Å². The largest absolute Gasteiger partial charge is 0.504 e. The summed E-state index contributed by atoms with van der Waals surface area (Å²) in [5.74, 6) is 0.956. The van der Waals surface area contributed by atoms with Crippen molar-refractivity contribution in [2.45, 2.75) is 13.3 Å². The summed E-state index contributed by atoms with van der Waals surface area (Å²) in [6.07, 6.45) is 6.27. The van der Waals surface area contributed by atoms with Gasteiger partial charge in [-0.05, 0) is 25.5 Å². The van der Waals surface area contributed by atoms with E-state index in [-0.39, 0.29) is 12.4 Å². The number of allylic oxidation sites excluding steroid dienone is 1. The number of para-hydroxylation sites is 2. The number of nitrogens with one attached hydrogen (secondary N) is 2. The molecular weight excluding hydrogens is 440 g/mol. The lowest BCUT2D eigenvalue weighted by Crippen LogP contribution is -2.02. The maximum absolute atomic E-state index is 11.6. The molecule has 0 radical (unpaired) electrons. The van der Waals surface area contributed by atoms with Gasteiger partial charge in [0.1, 0.15) is 5.75 Å². The molecule has 0 saturated carbocycles. The zero-order valence-electron chi connectivity index (χ0n) is 20.0. The fourth-order valence-electron chi connectivity index (χ4n) is 4.79. The van der Waals surface area contributed by atoms with E-state index >= 15 is 0 Å². The molecule has 0 aliphatic rings. The SMILES string of the molecule is COc1c(C/C=C(\C)CO)c(-c2c[nH]c3ccccc23)c(OC)c(O)c1-c1c[nH]c2ccccc12. The number of H-pyrrole nitrogens is 2. The first-order chi connectivity index (χ1) is 17.1. The fraction of sp³-hybridized carbons (Fsp3) is 0.172. The van der Waals surface area contributed by atoms with Crippen LogP contribution in [-0.4, -0.2) is 41.0 Å². The van der Waals surface area contributed by atoms with Crippen molar-refractivity contribution < 1.29 is 19.7 Å². The van der Waals surface area contributed by atoms with Crippen molar-refractivity contribution >= 4 is 21.8 Å². The van der Waals surface area contributed by atoms with Crippen LogP contribution in [0, 0.1) is 0 Å². The molecule has 3 aromatic carbocycles. The Balaban J connectivity index is 1.89. The fourth-order valence-corrected chi connectivity index (χ4v) is 4.79. The van der Waals surface area contributed by atoms with Crippen molar-refractivity contribution in [3.63, 3.8) is 0 Å². The molecule has 0 unspecified atom stereocenters. The summed E-state index contributed by atoms with van der Waals surface area (Å²) in [4.78, 5) is 6.62. The van der Waals surface area contributed by atoms with E-state index in [0.717, 1.165) is 49.6 Å². The summed E-state index contributed by atoms with van der Waals surface area (Å²) >= 11 is 0. The monoisotopic (exact) mass is 468 g/mol. The van der Waals surface area contributed by atoms with Gasteiger partial charge < -0.3 is 29.7 Å². The Morgan fingerprint density at radius 1 is 0.829 bits per heavy atom. The molecule has 0 bridgehead atoms. The van der Waals surface area contributed by atoms with E-state index in [1.54, 1.807) is 14.2 Å². The maximum Gasteiger partial charge on any atom is 0.170 e. The summed E-state index contributed by atoms with van der Waals surface area (Å²) in [5, 5.41) is 23.3. The molecule has 5 aromatic rings. The molecule has 2 heterocycles. The van der Waals surface area contributed by atoms with E-state index in [9.17, 15) is 10.2 Å². The summed E-state index contributed by atoms with van der Waals surface area (Å²) in [6, 6.07) is 16.0. The molecule has 35 heavy (non-hydrogen) atoms. The molecule has 0 fully saturated rings. The molecule has 5 rings (SSSR count). The number of aliphatic hydroxyl groups excluding tert-OH is 1. The number of benzene rings is 3. The third-order valence-electron chi connectivity index (χ3n) is 6.51. The minimum Gasteiger partial charge on any atom is -0.504 e. The lowest BCUT2D eigenvalue weighted by atomic mass is 9.89. The van der Waals surface area contributed by atoms with Crippen molar-refractivity contribution in [1.29, 1.82) is 0 Å². The number of hydrogen-bond acceptors (Lipinski definition) is 4. The second-order valence-corrected chi connectivity index (χ2v) is 8.55. The molecule has 0 aliphatic carbocycles. The number of phenols is 1. The van der Waals surface area contributed by atoms with Gasteiger partial charge in [-0.2, -0.15) is 0 Å². The van der Waals surface area contributed by atoms with Gasteiger partial charge in [-0.25, -0.2) is 0 Å². The molecule has 6 nitrogen and oxygen atoms in total. The third kappa shape index (κ3) is 3.72. The molecule has 4 N–H and O–H groups in total. The van der Waals surface area contributed by atoms with Gasteiger partial charge in [-0.15, -0.1) is 0 Å². The normalized spacial score (nSPS) is 11.9. The third-order valence-corrected chi connectivity index (χ3v) is 6.51. The van der Waals surface area contributed by atoms with Gasteiger partial charge in [0.2, 0.25) is 0 Å². The maximum atomic E-state index is 11.6. The van der Waals surface area contributed by atoms with Crippen LogP contribution in [0.3, 0.4) is 0 Å². The predicted molar refractivity (Wildman–Crippen MR) is 140 cm³/mol. The Labute approximate surface area is 203 Å². The first-order valence-corrected chi connectivity index (χ1v) is 11.5. The van der Waals surface area contributed by atoms with E-state index in [1.165, 1.54) is 0 Å². The quantitative estimate of drug-likeness (QED) is 0.215. The van der Waals surface area contributed by atoms with Crippen molar-refractivity contribution in [1.82, 2.24) is 9.97 Å². The van der Waals surface area contributed by atoms with Gasteiger partial charge in [0.05, 0.1) is 26.4 Å². The molecule has 0 spiro atoms. The zero-order valence-corrected chi connectivity index (χ0v) is 20.0. The number of rotatable bonds is 7. The molecule has 0 atom stereocenters. The molecule has 0 amide bonds. The highest BCUT2D eigenvalue weighted by Crippen LogP contribution is 2.54. The smallest absolute Gasteiger partial charge is 0.170 e. The predicted octanol–water partition coefficient (Wildman–Crippen LogP) is 6.19. The van der Waals surface area contributed by atoms with Crippen molar-refractivity contribution in [3.8, 4) is 39.5 Å². The minimum atomic E-state index is -0.0325. The summed E-state index contributed by atoms with van der Waals surface area (Å²) in [5.41, 5.74) is 6.69. The lowest BCUT2D eigenvalue weighted by Gasteiger charge is -2.22. The highest BCUT2D eigenvalue weighted by Gasteiger charge is 2.29. The first-order valence-electron chi connectivity index (χ1n) is 11.5. The van der Waals surface area contributed by atoms with Crippen molar-refractivity contribution in [2.24, 2.45) is 0 Å². The summed E-state index contributed by atoms with van der Waals surface area (Å²) in [7, 11) is 3.18. The van der Waals surface area contributed by atoms with Crippen LogP contribution in [0.5, 0.6) is 17.2 Å². The van der Waals surface area contributed by atoms with E-state index in [1.807, 2.05) is 73.9 Å². The van der Waals surface area contributed by atoms with Crippen molar-refractivity contribution in [3.05, 3.63) is 78.1 Å². The Bertz CT molecular complexity index is 1560. The zero-order chi connectivity index (χ0) is 24.5. The molecule has 6 heteroatoms. The van der Waals surface area contributed by atoms with Gasteiger partial charge in [-0.1, -0.05) is 48.0 Å². The van der Waals surface area contributed by atoms with Gasteiger partial charge in [0, 0.05) is 56.5 Å². The Morgan fingerprint density at radius 3 is 1.91 bits per heavy atom. The highest BCUT2D eigenvalue weighted by molar-refractivity contribution is 6.04. The van der Waals surface area contributed by atoms with Crippen LogP contribution in [-0.2, 0) is 6.42 Å². The number of ether oxygens (including phenoxy) is 2. The van der Waals surface area contributed by atoms with Gasteiger partial charge in [0.15, 0.2) is 11.5 Å². The van der Waals surface area contributed by atoms with Crippen LogP contribution < -0.4 is 9.47 Å². The minimum absolute atomic E-state index is 0.0148. The Morgan fingerprint density at radius 2 is 1.37 bits per heavy atom. The Kier molecular flexibility index (Phi) is 5.97. The second-order valence-electron chi connectivity index (χ2n) is 8.55. The van der Waals surface area contributed by atoms with Crippen molar-refractivity contribution in [2.75, 3.05) is 20.8 Å². The summed E-state index contributed by atoms with van der Waals surface area (Å²) < 4.78 is 11.9. The Hall–Kier alpha value is -4.16. The van der Waals surface area contributed by atoms with Crippen LogP contribution >= 0.6 is 0 Å². The first kappa shape index (κ1) is 22.6. The van der Waals surface area contributed by atoms with Gasteiger partial charge in [-0.3, -0.25) is 0 Å². The number of aromatic hydroxyl groups is 1. The van der Waals surface area contributed by atoms with E-state index in [0.29, 0.717) is 23.5 Å². The molecular formula is C29H28N2O4. The van der Waals surface area contributed by atoms with E-state index < -0.39 is 0 Å². The van der Waals surface area contributed by atoms with Crippen LogP contribution in [0.4, 0.5) is 0 Å². The molecule has 178 valence electrons.